The lowest BCUT2D eigenvalue weighted by molar-refractivity contribution is -0.174. The van der Waals surface area contributed by atoms with Crippen molar-refractivity contribution >= 4 is 5.78 Å². The minimum atomic E-state index is -2.80. The number of carbonyl (C=O) groups is 1. The Morgan fingerprint density at radius 1 is 1.16 bits per heavy atom. The molecule has 4 aliphatic carbocycles. The third-order valence-corrected chi connectivity index (χ3v) is 8.57. The third kappa shape index (κ3) is 2.26. The minimum Gasteiger partial charge on any atom is -0.393 e. The second-order valence-electron chi connectivity index (χ2n) is 9.30. The van der Waals surface area contributed by atoms with Gasteiger partial charge in [0.05, 0.1) is 7.45 Å². The second kappa shape index (κ2) is 5.77. The molecular formula is C21H34O4. The average molecular weight is 356 g/mol. The van der Waals surface area contributed by atoms with Gasteiger partial charge in [-0.1, -0.05) is 13.8 Å². The molecule has 0 unspecified atom stereocenters. The zero-order valence-electron chi connectivity index (χ0n) is 20.2. The Labute approximate surface area is 158 Å². The zero-order chi connectivity index (χ0) is 22.5. The molecule has 0 aliphatic heterocycles. The molecular weight excluding hydrogens is 316 g/mol. The summed E-state index contributed by atoms with van der Waals surface area (Å²) in [6, 6.07) is 0. The van der Waals surface area contributed by atoms with Crippen LogP contribution in [0.4, 0.5) is 0 Å². The Morgan fingerprint density at radius 3 is 2.60 bits per heavy atom. The van der Waals surface area contributed by atoms with Crippen molar-refractivity contribution in [3.8, 4) is 0 Å². The van der Waals surface area contributed by atoms with Gasteiger partial charge in [-0.15, -0.1) is 0 Å². The minimum absolute atomic E-state index is 0.00199. The van der Waals surface area contributed by atoms with E-state index >= 15 is 0 Å². The molecule has 0 radical (unpaired) electrons. The highest BCUT2D eigenvalue weighted by Gasteiger charge is 2.66. The number of hydrogen-bond donors (Lipinski definition) is 3. The van der Waals surface area contributed by atoms with Crippen LogP contribution in [0.5, 0.6) is 0 Å². The van der Waals surface area contributed by atoms with Crippen molar-refractivity contribution in [2.75, 3.05) is 6.61 Å². The van der Waals surface area contributed by atoms with Crippen molar-refractivity contribution < 1.29 is 27.0 Å². The quantitative estimate of drug-likeness (QED) is 0.712. The van der Waals surface area contributed by atoms with E-state index in [0.717, 1.165) is 0 Å². The maximum Gasteiger partial charge on any atom is 0.190 e. The van der Waals surface area contributed by atoms with Crippen LogP contribution in [0.1, 0.15) is 78.4 Å². The van der Waals surface area contributed by atoms with E-state index in [1.165, 1.54) is 0 Å². The molecule has 4 aliphatic rings. The molecule has 0 amide bonds. The molecule has 25 heavy (non-hydrogen) atoms. The van der Waals surface area contributed by atoms with E-state index in [2.05, 4.69) is 0 Å². The monoisotopic (exact) mass is 355 g/mol. The van der Waals surface area contributed by atoms with Gasteiger partial charge in [0.15, 0.2) is 5.78 Å². The zero-order valence-corrected chi connectivity index (χ0v) is 15.2. The van der Waals surface area contributed by atoms with E-state index in [1.807, 2.05) is 13.8 Å². The van der Waals surface area contributed by atoms with E-state index in [1.54, 1.807) is 0 Å². The molecule has 0 aromatic carbocycles. The highest BCUT2D eigenvalue weighted by molar-refractivity contribution is 5.89. The Kier molecular flexibility index (Phi) is 2.97. The summed E-state index contributed by atoms with van der Waals surface area (Å²) in [5.74, 6) is -0.990. The molecule has 4 heteroatoms. The molecule has 4 fully saturated rings. The van der Waals surface area contributed by atoms with Crippen LogP contribution >= 0.6 is 0 Å². The molecule has 4 saturated carbocycles. The van der Waals surface area contributed by atoms with E-state index in [4.69, 9.17) is 6.85 Å². The maximum atomic E-state index is 12.4. The van der Waals surface area contributed by atoms with Crippen molar-refractivity contribution in [3.05, 3.63) is 0 Å². The van der Waals surface area contributed by atoms with Gasteiger partial charge >= 0.3 is 0 Å². The van der Waals surface area contributed by atoms with Crippen LogP contribution in [0.15, 0.2) is 0 Å². The van der Waals surface area contributed by atoms with Gasteiger partial charge < -0.3 is 15.3 Å². The number of ketones is 1. The van der Waals surface area contributed by atoms with Gasteiger partial charge in [-0.25, -0.2) is 0 Å². The second-order valence-corrected chi connectivity index (χ2v) is 9.30. The van der Waals surface area contributed by atoms with Gasteiger partial charge in [0.1, 0.15) is 12.2 Å². The molecule has 0 bridgehead atoms. The third-order valence-electron chi connectivity index (χ3n) is 8.57. The number of aliphatic hydroxyl groups excluding tert-OH is 1. The summed E-state index contributed by atoms with van der Waals surface area (Å²) in [5.41, 5.74) is -2.92. The number of Topliss-reactive ketones (excluding diaryl/α,β-unsaturated/α-hetero) is 1. The summed E-state index contributed by atoms with van der Waals surface area (Å²) in [7, 11) is 0. The summed E-state index contributed by atoms with van der Waals surface area (Å²) in [4.78, 5) is 12.4. The Morgan fingerprint density at radius 2 is 1.88 bits per heavy atom. The lowest BCUT2D eigenvalue weighted by Gasteiger charge is -2.61. The highest BCUT2D eigenvalue weighted by Crippen LogP contribution is 2.68. The van der Waals surface area contributed by atoms with Gasteiger partial charge in [-0.05, 0) is 86.8 Å². The highest BCUT2D eigenvalue weighted by atomic mass is 16.3. The van der Waals surface area contributed by atoms with E-state index in [-0.39, 0.29) is 24.2 Å². The Balaban J connectivity index is 1.72. The number of hydrogen-bond acceptors (Lipinski definition) is 4. The lowest BCUT2D eigenvalue weighted by atomic mass is 9.44. The standard InChI is InChI=1S/C21H34O4/c1-19-8-5-14(23)11-13(19)3-4-15-16(19)6-9-20(2)17(15)7-10-21(20,25)18(24)12-22/h13-17,22-23,25H,3-12H2,1-2H3/t13-,14-,15-,16+,17+,19+,20+,21+/m0/s1/i5D2,11D2,14D. The molecule has 0 spiro atoms. The van der Waals surface area contributed by atoms with Crippen LogP contribution in [0.3, 0.4) is 0 Å². The first-order valence-electron chi connectivity index (χ1n) is 12.2. The summed E-state index contributed by atoms with van der Waals surface area (Å²) in [6.07, 6.45) is -4.36. The normalized spacial score (nSPS) is 65.1. The van der Waals surface area contributed by atoms with Crippen molar-refractivity contribution in [3.63, 3.8) is 0 Å². The molecule has 4 rings (SSSR count). The average Bonchev–Trinajstić information content (AvgIpc) is 2.91. The predicted octanol–water partition coefficient (Wildman–Crippen LogP) is 2.68. The summed E-state index contributed by atoms with van der Waals surface area (Å²) in [5, 5.41) is 31.2. The predicted molar refractivity (Wildman–Crippen MR) is 94.8 cm³/mol. The first-order chi connectivity index (χ1) is 13.6. The van der Waals surface area contributed by atoms with Gasteiger partial charge in [-0.2, -0.15) is 0 Å². The van der Waals surface area contributed by atoms with Crippen LogP contribution in [0.2, 0.25) is 0 Å². The van der Waals surface area contributed by atoms with E-state index < -0.39 is 53.6 Å². The Bertz CT molecular complexity index is 758. The van der Waals surface area contributed by atoms with Gasteiger partial charge in [0, 0.05) is 10.9 Å². The molecule has 4 nitrogen and oxygen atoms in total. The maximum absolute atomic E-state index is 12.4. The summed E-state index contributed by atoms with van der Waals surface area (Å²) in [6.45, 7) is 3.17. The first-order valence-corrected chi connectivity index (χ1v) is 9.69. The molecule has 8 atom stereocenters. The van der Waals surface area contributed by atoms with Crippen LogP contribution in [0.25, 0.3) is 0 Å². The van der Waals surface area contributed by atoms with Gasteiger partial charge in [0.2, 0.25) is 0 Å². The van der Waals surface area contributed by atoms with E-state index in [0.29, 0.717) is 38.5 Å². The lowest BCUT2D eigenvalue weighted by Crippen LogP contribution is -2.59. The molecule has 3 N–H and O–H groups in total. The molecule has 0 saturated heterocycles. The summed E-state index contributed by atoms with van der Waals surface area (Å²) < 4.78 is 41.9. The number of carbonyl (C=O) groups excluding carboxylic acids is 1. The smallest absolute Gasteiger partial charge is 0.190 e. The number of aliphatic hydroxyl groups is 3. The van der Waals surface area contributed by atoms with Crippen LogP contribution in [-0.4, -0.2) is 39.4 Å². The van der Waals surface area contributed by atoms with Gasteiger partial charge in [0.25, 0.3) is 0 Å². The SMILES string of the molecule is [2H]C1([2H])C[C@@]2(C)[C@@H]3CC[C@]4(C)[C@H](CC[C@@]4(O)C(=O)CO)[C@H]3CC[C@H]2C([2H])([2H])[C@@]1([2H])O. The molecule has 142 valence electrons. The fourth-order valence-corrected chi connectivity index (χ4v) is 7.04. The first kappa shape index (κ1) is 12.9. The fraction of sp³-hybridized carbons (Fsp3) is 0.952. The largest absolute Gasteiger partial charge is 0.393 e. The molecule has 0 aromatic heterocycles. The van der Waals surface area contributed by atoms with Crippen LogP contribution < -0.4 is 0 Å². The number of fused-ring (bicyclic) bond motifs is 5. The fourth-order valence-electron chi connectivity index (χ4n) is 7.04. The summed E-state index contributed by atoms with van der Waals surface area (Å²) >= 11 is 0. The molecule has 0 heterocycles. The van der Waals surface area contributed by atoms with E-state index in [9.17, 15) is 20.1 Å². The van der Waals surface area contributed by atoms with Crippen molar-refractivity contribution in [1.82, 2.24) is 0 Å². The Hall–Kier alpha value is -0.450. The van der Waals surface area contributed by atoms with Crippen LogP contribution in [-0.2, 0) is 4.79 Å². The van der Waals surface area contributed by atoms with Crippen molar-refractivity contribution in [2.24, 2.45) is 34.5 Å². The number of rotatable bonds is 2. The van der Waals surface area contributed by atoms with Crippen molar-refractivity contribution in [2.45, 2.75) is 83.2 Å². The topological polar surface area (TPSA) is 77.8 Å². The van der Waals surface area contributed by atoms with Crippen LogP contribution in [0, 0.1) is 34.5 Å². The van der Waals surface area contributed by atoms with Crippen molar-refractivity contribution in [1.29, 1.82) is 0 Å². The van der Waals surface area contributed by atoms with Gasteiger partial charge in [-0.3, -0.25) is 4.79 Å². The molecule has 0 aromatic rings.